The van der Waals surface area contributed by atoms with Crippen LogP contribution in [-0.4, -0.2) is 29.1 Å². The third kappa shape index (κ3) is 4.90. The number of ether oxygens (including phenoxy) is 1. The van der Waals surface area contributed by atoms with E-state index in [4.69, 9.17) is 32.9 Å². The molecule has 0 saturated heterocycles. The fourth-order valence-electron chi connectivity index (χ4n) is 3.63. The normalized spacial score (nSPS) is 11.0. The number of nitrogens with zero attached hydrogens (tertiary/aromatic N) is 2. The molecule has 3 aromatic carbocycles. The van der Waals surface area contributed by atoms with Gasteiger partial charge < -0.3 is 14.6 Å². The first-order chi connectivity index (χ1) is 15.6. The van der Waals surface area contributed by atoms with Gasteiger partial charge in [-0.1, -0.05) is 41.4 Å². The average molecular weight is 468 g/mol. The number of fused-ring (bicyclic) bond motifs is 1. The van der Waals surface area contributed by atoms with Crippen LogP contribution in [0.4, 0.5) is 0 Å². The molecular weight excluding hydrogens is 445 g/mol. The van der Waals surface area contributed by atoms with Crippen LogP contribution in [0.25, 0.3) is 11.0 Å². The van der Waals surface area contributed by atoms with Gasteiger partial charge in [0, 0.05) is 34.1 Å². The van der Waals surface area contributed by atoms with Crippen molar-refractivity contribution in [3.8, 4) is 5.75 Å². The highest BCUT2D eigenvalue weighted by Crippen LogP contribution is 2.27. The molecule has 5 nitrogen and oxygen atoms in total. The Labute approximate surface area is 196 Å². The number of amides is 1. The van der Waals surface area contributed by atoms with E-state index in [-0.39, 0.29) is 5.91 Å². The zero-order chi connectivity index (χ0) is 22.5. The molecule has 1 aromatic heterocycles. The maximum absolute atomic E-state index is 12.4. The van der Waals surface area contributed by atoms with E-state index in [0.717, 1.165) is 34.6 Å². The molecule has 0 aliphatic heterocycles. The van der Waals surface area contributed by atoms with E-state index in [2.05, 4.69) is 9.88 Å². The van der Waals surface area contributed by atoms with Crippen molar-refractivity contribution in [2.45, 2.75) is 19.4 Å². The van der Waals surface area contributed by atoms with Gasteiger partial charge in [0.05, 0.1) is 24.7 Å². The fourth-order valence-corrected chi connectivity index (χ4v) is 4.14. The van der Waals surface area contributed by atoms with Crippen LogP contribution in [0.15, 0.2) is 66.7 Å². The summed E-state index contributed by atoms with van der Waals surface area (Å²) in [6.45, 7) is 1.08. The summed E-state index contributed by atoms with van der Waals surface area (Å²) in [7, 11) is 1.60. The quantitative estimate of drug-likeness (QED) is 0.335. The summed E-state index contributed by atoms with van der Waals surface area (Å²) in [6.07, 6.45) is 1.46. The van der Waals surface area contributed by atoms with Gasteiger partial charge in [-0.2, -0.15) is 0 Å². The molecule has 1 N–H and O–H groups in total. The molecule has 0 saturated carbocycles. The van der Waals surface area contributed by atoms with Gasteiger partial charge >= 0.3 is 0 Å². The number of halogens is 2. The summed E-state index contributed by atoms with van der Waals surface area (Å²) in [6, 6.07) is 20.6. The Morgan fingerprint density at radius 1 is 1.00 bits per heavy atom. The molecule has 164 valence electrons. The number of benzene rings is 3. The summed E-state index contributed by atoms with van der Waals surface area (Å²) in [5, 5.41) is 4.23. The first-order valence-electron chi connectivity index (χ1n) is 10.4. The van der Waals surface area contributed by atoms with Crippen molar-refractivity contribution in [1.29, 1.82) is 0 Å². The monoisotopic (exact) mass is 467 g/mol. The van der Waals surface area contributed by atoms with Gasteiger partial charge in [-0.25, -0.2) is 4.98 Å². The highest BCUT2D eigenvalue weighted by Gasteiger charge is 2.14. The topological polar surface area (TPSA) is 56.1 Å². The van der Waals surface area contributed by atoms with Crippen LogP contribution in [0, 0.1) is 0 Å². The van der Waals surface area contributed by atoms with Crippen molar-refractivity contribution in [1.82, 2.24) is 14.9 Å². The van der Waals surface area contributed by atoms with Crippen LogP contribution in [-0.2, 0) is 13.0 Å². The SMILES string of the molecule is COc1ccc(C(=O)NCCCc2nc3ccccc3n2Cc2c(Cl)cccc2Cl)cc1. The van der Waals surface area contributed by atoms with Crippen LogP contribution in [0.2, 0.25) is 10.0 Å². The second kappa shape index (κ2) is 10.1. The lowest BCUT2D eigenvalue weighted by molar-refractivity contribution is 0.0953. The van der Waals surface area contributed by atoms with Crippen molar-refractivity contribution >= 4 is 40.1 Å². The number of rotatable bonds is 8. The molecule has 0 unspecified atom stereocenters. The van der Waals surface area contributed by atoms with Gasteiger partial charge in [0.25, 0.3) is 5.91 Å². The number of imidazole rings is 1. The molecule has 1 amide bonds. The first-order valence-corrected chi connectivity index (χ1v) is 11.1. The summed E-state index contributed by atoms with van der Waals surface area (Å²) in [5.41, 5.74) is 3.42. The largest absolute Gasteiger partial charge is 0.497 e. The molecular formula is C25H23Cl2N3O2. The molecule has 0 fully saturated rings. The van der Waals surface area contributed by atoms with Gasteiger partial charge in [0.2, 0.25) is 0 Å². The molecule has 0 radical (unpaired) electrons. The summed E-state index contributed by atoms with van der Waals surface area (Å²) >= 11 is 12.8. The third-order valence-electron chi connectivity index (χ3n) is 5.33. The Morgan fingerprint density at radius 3 is 2.44 bits per heavy atom. The highest BCUT2D eigenvalue weighted by atomic mass is 35.5. The van der Waals surface area contributed by atoms with Crippen molar-refractivity contribution in [3.05, 3.63) is 93.7 Å². The molecule has 0 bridgehead atoms. The molecule has 0 aliphatic carbocycles. The van der Waals surface area contributed by atoms with Crippen molar-refractivity contribution in [3.63, 3.8) is 0 Å². The number of hydrogen-bond donors (Lipinski definition) is 1. The Kier molecular flexibility index (Phi) is 6.98. The molecule has 1 heterocycles. The highest BCUT2D eigenvalue weighted by molar-refractivity contribution is 6.36. The van der Waals surface area contributed by atoms with E-state index in [1.54, 1.807) is 31.4 Å². The zero-order valence-electron chi connectivity index (χ0n) is 17.6. The van der Waals surface area contributed by atoms with Gasteiger partial charge in [0.1, 0.15) is 11.6 Å². The van der Waals surface area contributed by atoms with Crippen LogP contribution in [0.5, 0.6) is 5.75 Å². The van der Waals surface area contributed by atoms with Gasteiger partial charge in [-0.15, -0.1) is 0 Å². The van der Waals surface area contributed by atoms with Crippen LogP contribution in [0.1, 0.15) is 28.2 Å². The minimum atomic E-state index is -0.107. The average Bonchev–Trinajstić information content (AvgIpc) is 3.16. The van der Waals surface area contributed by atoms with Crippen LogP contribution in [0.3, 0.4) is 0 Å². The van der Waals surface area contributed by atoms with E-state index in [0.29, 0.717) is 35.1 Å². The maximum Gasteiger partial charge on any atom is 0.251 e. The number of aryl methyl sites for hydroxylation is 1. The minimum Gasteiger partial charge on any atom is -0.497 e. The van der Waals surface area contributed by atoms with Gasteiger partial charge in [-0.3, -0.25) is 4.79 Å². The number of para-hydroxylation sites is 2. The number of hydrogen-bond acceptors (Lipinski definition) is 3. The van der Waals surface area contributed by atoms with E-state index in [9.17, 15) is 4.79 Å². The summed E-state index contributed by atoms with van der Waals surface area (Å²) in [5.74, 6) is 1.55. The van der Waals surface area contributed by atoms with Crippen molar-refractivity contribution in [2.24, 2.45) is 0 Å². The fraction of sp³-hybridized carbons (Fsp3) is 0.200. The smallest absolute Gasteiger partial charge is 0.251 e. The first kappa shape index (κ1) is 22.2. The third-order valence-corrected chi connectivity index (χ3v) is 6.03. The van der Waals surface area contributed by atoms with Crippen LogP contribution >= 0.6 is 23.2 Å². The Balaban J connectivity index is 1.46. The van der Waals surface area contributed by atoms with Gasteiger partial charge in [0.15, 0.2) is 0 Å². The zero-order valence-corrected chi connectivity index (χ0v) is 19.2. The number of carbonyl (C=O) groups excluding carboxylic acids is 1. The molecule has 0 atom stereocenters. The maximum atomic E-state index is 12.4. The summed E-state index contributed by atoms with van der Waals surface area (Å²) in [4.78, 5) is 17.2. The number of carbonyl (C=O) groups is 1. The predicted molar refractivity (Wildman–Crippen MR) is 129 cm³/mol. The molecule has 0 spiro atoms. The Hall–Kier alpha value is -3.02. The minimum absolute atomic E-state index is 0.107. The van der Waals surface area contributed by atoms with E-state index < -0.39 is 0 Å². The molecule has 4 aromatic rings. The second-order valence-corrected chi connectivity index (χ2v) is 8.21. The Bertz CT molecular complexity index is 1220. The number of aromatic nitrogens is 2. The van der Waals surface area contributed by atoms with E-state index >= 15 is 0 Å². The van der Waals surface area contributed by atoms with Crippen molar-refractivity contribution in [2.75, 3.05) is 13.7 Å². The molecule has 32 heavy (non-hydrogen) atoms. The van der Waals surface area contributed by atoms with Gasteiger partial charge in [-0.05, 0) is 55.0 Å². The molecule has 0 aliphatic rings. The number of nitrogens with one attached hydrogen (secondary N) is 1. The molecule has 4 rings (SSSR count). The van der Waals surface area contributed by atoms with E-state index in [1.807, 2.05) is 42.5 Å². The standard InChI is InChI=1S/C25H23Cl2N3O2/c1-32-18-13-11-17(12-14-18)25(31)28-15-5-10-24-29-22-8-2-3-9-23(22)30(24)16-19-20(26)6-4-7-21(19)27/h2-4,6-9,11-14H,5,10,15-16H2,1H3,(H,28,31). The van der Waals surface area contributed by atoms with Crippen LogP contribution < -0.4 is 10.1 Å². The predicted octanol–water partition coefficient (Wildman–Crippen LogP) is 5.76. The molecule has 7 heteroatoms. The van der Waals surface area contributed by atoms with Crippen molar-refractivity contribution < 1.29 is 9.53 Å². The van der Waals surface area contributed by atoms with E-state index in [1.165, 1.54) is 0 Å². The lowest BCUT2D eigenvalue weighted by Crippen LogP contribution is -2.25. The second-order valence-electron chi connectivity index (χ2n) is 7.39. The number of methoxy groups -OCH3 is 1. The lowest BCUT2D eigenvalue weighted by atomic mass is 10.2. The lowest BCUT2D eigenvalue weighted by Gasteiger charge is -2.12. The summed E-state index contributed by atoms with van der Waals surface area (Å²) < 4.78 is 7.28. The Morgan fingerprint density at radius 2 is 1.72 bits per heavy atom.